The number of esters is 3. The number of para-hydroxylation sites is 3. The third kappa shape index (κ3) is 5.86. The molecule has 10 heteroatoms. The summed E-state index contributed by atoms with van der Waals surface area (Å²) in [6, 6.07) is 19.2. The first-order chi connectivity index (χ1) is 16.5. The molecule has 34 heavy (non-hydrogen) atoms. The van der Waals surface area contributed by atoms with Crippen LogP contribution in [0.1, 0.15) is 31.1 Å². The van der Waals surface area contributed by atoms with E-state index in [1.165, 1.54) is 39.5 Å². The SMILES string of the molecule is COC(=O)c1ccccc1[O][Al]([O]c1ccccc1C(=O)OC)[O]c1ccccc1C(=O)OC. The van der Waals surface area contributed by atoms with Gasteiger partial charge in [-0.2, -0.15) is 0 Å². The van der Waals surface area contributed by atoms with Gasteiger partial charge in [-0.05, 0) is 36.4 Å². The van der Waals surface area contributed by atoms with Crippen molar-refractivity contribution in [1.29, 1.82) is 0 Å². The maximum Gasteiger partial charge on any atom is 1.20 e. The van der Waals surface area contributed by atoms with Crippen LogP contribution in [0.15, 0.2) is 72.8 Å². The van der Waals surface area contributed by atoms with Gasteiger partial charge in [0.1, 0.15) is 0 Å². The molecule has 0 fully saturated rings. The maximum absolute atomic E-state index is 12.2. The van der Waals surface area contributed by atoms with Crippen molar-refractivity contribution in [1.82, 2.24) is 0 Å². The molecule has 0 aliphatic carbocycles. The normalized spacial score (nSPS) is 9.97. The van der Waals surface area contributed by atoms with Gasteiger partial charge in [0.15, 0.2) is 0 Å². The van der Waals surface area contributed by atoms with Gasteiger partial charge < -0.3 is 25.6 Å². The number of benzene rings is 3. The van der Waals surface area contributed by atoms with E-state index >= 15 is 0 Å². The Kier molecular flexibility index (Phi) is 8.51. The molecule has 0 N–H and O–H groups in total. The molecule has 0 saturated carbocycles. The number of hydrogen-bond acceptors (Lipinski definition) is 9. The Labute approximate surface area is 201 Å². The van der Waals surface area contributed by atoms with Crippen molar-refractivity contribution in [3.8, 4) is 17.2 Å². The molecule has 3 rings (SSSR count). The second-order valence-corrected chi connectivity index (χ2v) is 7.89. The van der Waals surface area contributed by atoms with Crippen molar-refractivity contribution in [2.75, 3.05) is 21.3 Å². The predicted molar refractivity (Wildman–Crippen MR) is 121 cm³/mol. The van der Waals surface area contributed by atoms with E-state index in [1.54, 1.807) is 54.6 Å². The van der Waals surface area contributed by atoms with E-state index < -0.39 is 33.1 Å². The summed E-state index contributed by atoms with van der Waals surface area (Å²) in [5.41, 5.74) is 0.451. The van der Waals surface area contributed by atoms with Gasteiger partial charge in [0.25, 0.3) is 0 Å². The summed E-state index contributed by atoms with van der Waals surface area (Å²) in [7, 11) is 3.75. The van der Waals surface area contributed by atoms with Crippen LogP contribution >= 0.6 is 0 Å². The van der Waals surface area contributed by atoms with Gasteiger partial charge in [0.05, 0.1) is 55.3 Å². The molecular weight excluding hydrogens is 459 g/mol. The lowest BCUT2D eigenvalue weighted by atomic mass is 10.2. The lowest BCUT2D eigenvalue weighted by Gasteiger charge is -2.20. The van der Waals surface area contributed by atoms with Crippen LogP contribution in [-0.2, 0) is 14.2 Å². The van der Waals surface area contributed by atoms with E-state index in [0.717, 1.165) is 0 Å². The van der Waals surface area contributed by atoms with Gasteiger partial charge in [-0.15, -0.1) is 0 Å². The quantitative estimate of drug-likeness (QED) is 0.258. The van der Waals surface area contributed by atoms with Crippen LogP contribution in [0.5, 0.6) is 17.2 Å². The molecule has 0 heterocycles. The highest BCUT2D eigenvalue weighted by molar-refractivity contribution is 6.40. The van der Waals surface area contributed by atoms with Gasteiger partial charge in [-0.25, -0.2) is 14.4 Å². The number of carbonyl (C=O) groups excluding carboxylic acids is 3. The number of carbonyl (C=O) groups is 3. The van der Waals surface area contributed by atoms with E-state index in [-0.39, 0.29) is 33.9 Å². The summed E-state index contributed by atoms with van der Waals surface area (Å²) >= 11 is -3.28. The molecule has 0 saturated heterocycles. The minimum absolute atomic E-state index is 0.150. The monoisotopic (exact) mass is 480 g/mol. The number of methoxy groups -OCH3 is 3. The molecule has 0 atom stereocenters. The van der Waals surface area contributed by atoms with Crippen molar-refractivity contribution in [3.63, 3.8) is 0 Å². The molecule has 0 unspecified atom stereocenters. The van der Waals surface area contributed by atoms with Gasteiger partial charge in [-0.3, -0.25) is 0 Å². The van der Waals surface area contributed by atoms with Crippen molar-refractivity contribution in [2.24, 2.45) is 0 Å². The molecule has 3 aromatic carbocycles. The van der Waals surface area contributed by atoms with E-state index in [4.69, 9.17) is 25.6 Å². The molecule has 3 aromatic rings. The van der Waals surface area contributed by atoms with E-state index in [0.29, 0.717) is 0 Å². The third-order valence-electron chi connectivity index (χ3n) is 4.55. The molecule has 0 spiro atoms. The zero-order valence-corrected chi connectivity index (χ0v) is 19.8. The first-order valence-electron chi connectivity index (χ1n) is 10.0. The Morgan fingerprint density at radius 2 is 0.765 bits per heavy atom. The summed E-state index contributed by atoms with van der Waals surface area (Å²) in [5, 5.41) is 0. The molecule has 0 aromatic heterocycles. The second-order valence-electron chi connectivity index (χ2n) is 6.61. The maximum atomic E-state index is 12.2. The van der Waals surface area contributed by atoms with Gasteiger partial charge in [-0.1, -0.05) is 36.4 Å². The highest BCUT2D eigenvalue weighted by Gasteiger charge is 2.46. The highest BCUT2D eigenvalue weighted by Crippen LogP contribution is 2.26. The Balaban J connectivity index is 2.02. The van der Waals surface area contributed by atoms with Crippen molar-refractivity contribution < 1.29 is 40.0 Å². The molecule has 0 amide bonds. The van der Waals surface area contributed by atoms with Crippen LogP contribution in [0.3, 0.4) is 0 Å². The van der Waals surface area contributed by atoms with Crippen molar-refractivity contribution in [3.05, 3.63) is 89.5 Å². The fraction of sp³-hybridized carbons (Fsp3) is 0.125. The molecule has 0 aliphatic rings. The number of hydrogen-bond donors (Lipinski definition) is 0. The standard InChI is InChI=1S/3C8H8O3.Al/c3*1-11-8(10)6-4-2-3-5-7(6)9;/h3*2-5,9H,1H3;/q;;;+3/p-3. The van der Waals surface area contributed by atoms with Crippen LogP contribution in [0.2, 0.25) is 0 Å². The van der Waals surface area contributed by atoms with Crippen LogP contribution < -0.4 is 11.4 Å². The van der Waals surface area contributed by atoms with E-state index in [1.807, 2.05) is 0 Å². The van der Waals surface area contributed by atoms with E-state index in [2.05, 4.69) is 0 Å². The first-order valence-corrected chi connectivity index (χ1v) is 11.4. The van der Waals surface area contributed by atoms with Gasteiger partial charge in [0, 0.05) is 0 Å². The topological polar surface area (TPSA) is 107 Å². The highest BCUT2D eigenvalue weighted by atomic mass is 27.3. The first kappa shape index (κ1) is 24.6. The molecule has 0 bridgehead atoms. The summed E-state index contributed by atoms with van der Waals surface area (Å²) in [6.07, 6.45) is 0. The fourth-order valence-corrected chi connectivity index (χ4v) is 4.31. The second kappa shape index (κ2) is 11.7. The van der Waals surface area contributed by atoms with Gasteiger partial charge >= 0.3 is 33.1 Å². The zero-order chi connectivity index (χ0) is 24.5. The summed E-state index contributed by atoms with van der Waals surface area (Å²) in [5.74, 6) is -1.40. The average molecular weight is 480 g/mol. The molecule has 174 valence electrons. The third-order valence-corrected chi connectivity index (χ3v) is 5.89. The summed E-state index contributed by atoms with van der Waals surface area (Å²) in [6.45, 7) is 0. The smallest absolute Gasteiger partial charge is 0.577 e. The largest absolute Gasteiger partial charge is 1.20 e. The summed E-state index contributed by atoms with van der Waals surface area (Å²) in [4.78, 5) is 36.6. The number of ether oxygens (including phenoxy) is 3. The fourth-order valence-electron chi connectivity index (χ4n) is 2.93. The lowest BCUT2D eigenvalue weighted by Crippen LogP contribution is -2.38. The Hall–Kier alpha value is -4.00. The van der Waals surface area contributed by atoms with Crippen LogP contribution in [0, 0.1) is 0 Å². The summed E-state index contributed by atoms with van der Waals surface area (Å²) < 4.78 is 32.5. The predicted octanol–water partition coefficient (Wildman–Crippen LogP) is 3.57. The minimum atomic E-state index is -3.28. The lowest BCUT2D eigenvalue weighted by molar-refractivity contribution is 0.0590. The molecule has 0 aliphatic heterocycles. The van der Waals surface area contributed by atoms with Crippen molar-refractivity contribution >= 4 is 33.1 Å². The minimum Gasteiger partial charge on any atom is -0.577 e. The average Bonchev–Trinajstić information content (AvgIpc) is 2.88. The van der Waals surface area contributed by atoms with Crippen LogP contribution in [-0.4, -0.2) is 54.4 Å². The molecule has 0 radical (unpaired) electrons. The Bertz CT molecular complexity index is 1030. The Morgan fingerprint density at radius 1 is 0.500 bits per heavy atom. The van der Waals surface area contributed by atoms with Crippen LogP contribution in [0.25, 0.3) is 0 Å². The zero-order valence-electron chi connectivity index (χ0n) is 18.7. The molecular formula is C24H21AlO9. The molecule has 9 nitrogen and oxygen atoms in total. The van der Waals surface area contributed by atoms with Crippen LogP contribution in [0.4, 0.5) is 0 Å². The van der Waals surface area contributed by atoms with E-state index in [9.17, 15) is 14.4 Å². The number of rotatable bonds is 9. The van der Waals surface area contributed by atoms with Gasteiger partial charge in [0.2, 0.25) is 0 Å². The Morgan fingerprint density at radius 3 is 1.03 bits per heavy atom. The van der Waals surface area contributed by atoms with Crippen molar-refractivity contribution in [2.45, 2.75) is 0 Å².